The fraction of sp³-hybridized carbons (Fsp3) is 0.312. The lowest BCUT2D eigenvalue weighted by Crippen LogP contribution is -2.12. The number of pyridine rings is 1. The molecule has 0 unspecified atom stereocenters. The lowest BCUT2D eigenvalue weighted by Gasteiger charge is -2.10. The van der Waals surface area contributed by atoms with E-state index in [1.807, 2.05) is 30.3 Å². The third kappa shape index (κ3) is 4.05. The van der Waals surface area contributed by atoms with Crippen LogP contribution in [-0.2, 0) is 13.0 Å². The van der Waals surface area contributed by atoms with Gasteiger partial charge in [0, 0.05) is 18.3 Å². The third-order valence-electron chi connectivity index (χ3n) is 2.91. The number of aromatic nitrogens is 1. The van der Waals surface area contributed by atoms with Crippen molar-refractivity contribution in [3.63, 3.8) is 0 Å². The van der Waals surface area contributed by atoms with E-state index in [2.05, 4.69) is 46.1 Å². The Hall–Kier alpha value is -1.39. The molecule has 0 saturated heterocycles. The first-order chi connectivity index (χ1) is 9.72. The monoisotopic (exact) mass is 334 g/mol. The van der Waals surface area contributed by atoms with Gasteiger partial charge in [-0.05, 0) is 52.7 Å². The molecule has 0 atom stereocenters. The van der Waals surface area contributed by atoms with Crippen molar-refractivity contribution in [2.75, 3.05) is 6.54 Å². The molecule has 2 rings (SSSR count). The summed E-state index contributed by atoms with van der Waals surface area (Å²) in [5.74, 6) is 1.42. The van der Waals surface area contributed by atoms with Crippen LogP contribution in [-0.4, -0.2) is 11.5 Å². The molecule has 1 heterocycles. The van der Waals surface area contributed by atoms with Gasteiger partial charge in [0.2, 0.25) is 5.88 Å². The van der Waals surface area contributed by atoms with Crippen LogP contribution in [0.4, 0.5) is 0 Å². The van der Waals surface area contributed by atoms with E-state index < -0.39 is 0 Å². The summed E-state index contributed by atoms with van der Waals surface area (Å²) in [5, 5.41) is 3.33. The molecule has 0 radical (unpaired) electrons. The Bertz CT molecular complexity index is 572. The van der Waals surface area contributed by atoms with Crippen LogP contribution >= 0.6 is 15.9 Å². The van der Waals surface area contributed by atoms with Crippen LogP contribution in [0.2, 0.25) is 0 Å². The molecule has 0 bridgehead atoms. The molecule has 0 spiro atoms. The fourth-order valence-electron chi connectivity index (χ4n) is 1.87. The molecule has 0 aliphatic heterocycles. The standard InChI is InChI=1S/C16H19BrN2O/c1-3-13-9-12(11-18-4-2)10-16(19-13)20-15-8-6-5-7-14(15)17/h5-10,18H,3-4,11H2,1-2H3. The highest BCUT2D eigenvalue weighted by molar-refractivity contribution is 9.10. The first-order valence-corrected chi connectivity index (χ1v) is 7.65. The minimum atomic E-state index is 0.643. The molecular formula is C16H19BrN2O. The zero-order valence-electron chi connectivity index (χ0n) is 11.8. The lowest BCUT2D eigenvalue weighted by atomic mass is 10.2. The molecule has 106 valence electrons. The van der Waals surface area contributed by atoms with E-state index in [9.17, 15) is 0 Å². The molecule has 20 heavy (non-hydrogen) atoms. The van der Waals surface area contributed by atoms with Crippen molar-refractivity contribution in [3.05, 3.63) is 52.1 Å². The Morgan fingerprint density at radius 3 is 2.70 bits per heavy atom. The number of nitrogens with one attached hydrogen (secondary N) is 1. The fourth-order valence-corrected chi connectivity index (χ4v) is 2.23. The molecule has 4 heteroatoms. The number of nitrogens with zero attached hydrogens (tertiary/aromatic N) is 1. The number of hydrogen-bond acceptors (Lipinski definition) is 3. The van der Waals surface area contributed by atoms with Crippen molar-refractivity contribution in [3.8, 4) is 11.6 Å². The van der Waals surface area contributed by atoms with Crippen LogP contribution in [0.5, 0.6) is 11.6 Å². The van der Waals surface area contributed by atoms with Crippen molar-refractivity contribution < 1.29 is 4.74 Å². The summed E-state index contributed by atoms with van der Waals surface area (Å²) in [7, 11) is 0. The molecule has 0 amide bonds. The zero-order chi connectivity index (χ0) is 14.4. The van der Waals surface area contributed by atoms with E-state index in [0.29, 0.717) is 5.88 Å². The zero-order valence-corrected chi connectivity index (χ0v) is 13.4. The maximum Gasteiger partial charge on any atom is 0.219 e. The molecule has 0 aliphatic rings. The van der Waals surface area contributed by atoms with Crippen LogP contribution in [0.3, 0.4) is 0 Å². The maximum absolute atomic E-state index is 5.89. The second-order valence-electron chi connectivity index (χ2n) is 4.47. The van der Waals surface area contributed by atoms with Crippen molar-refractivity contribution >= 4 is 15.9 Å². The van der Waals surface area contributed by atoms with Gasteiger partial charge in [-0.1, -0.05) is 26.0 Å². The maximum atomic E-state index is 5.89. The van der Waals surface area contributed by atoms with E-state index in [4.69, 9.17) is 4.74 Å². The van der Waals surface area contributed by atoms with Gasteiger partial charge in [0.25, 0.3) is 0 Å². The molecule has 1 N–H and O–H groups in total. The van der Waals surface area contributed by atoms with Gasteiger partial charge < -0.3 is 10.1 Å². The van der Waals surface area contributed by atoms with Crippen LogP contribution in [0.1, 0.15) is 25.1 Å². The molecule has 2 aromatic rings. The number of aryl methyl sites for hydroxylation is 1. The average Bonchev–Trinajstić information content (AvgIpc) is 2.47. The van der Waals surface area contributed by atoms with Crippen LogP contribution in [0.15, 0.2) is 40.9 Å². The van der Waals surface area contributed by atoms with Crippen molar-refractivity contribution in [2.24, 2.45) is 0 Å². The summed E-state index contributed by atoms with van der Waals surface area (Å²) >= 11 is 3.48. The van der Waals surface area contributed by atoms with E-state index in [0.717, 1.165) is 35.4 Å². The quantitative estimate of drug-likeness (QED) is 0.854. The highest BCUT2D eigenvalue weighted by atomic mass is 79.9. The molecule has 3 nitrogen and oxygen atoms in total. The minimum Gasteiger partial charge on any atom is -0.438 e. The van der Waals surface area contributed by atoms with Crippen LogP contribution < -0.4 is 10.1 Å². The molecule has 0 fully saturated rings. The summed E-state index contributed by atoms with van der Waals surface area (Å²) in [4.78, 5) is 4.53. The van der Waals surface area contributed by atoms with Gasteiger partial charge in [-0.25, -0.2) is 4.98 Å². The summed E-state index contributed by atoms with van der Waals surface area (Å²) in [5.41, 5.74) is 2.24. The summed E-state index contributed by atoms with van der Waals surface area (Å²) in [6.07, 6.45) is 0.895. The molecule has 0 saturated carbocycles. The van der Waals surface area contributed by atoms with E-state index in [1.54, 1.807) is 0 Å². The highest BCUT2D eigenvalue weighted by Gasteiger charge is 2.06. The van der Waals surface area contributed by atoms with Crippen molar-refractivity contribution in [1.82, 2.24) is 10.3 Å². The highest BCUT2D eigenvalue weighted by Crippen LogP contribution is 2.28. The molecule has 1 aromatic carbocycles. The number of halogens is 1. The Morgan fingerprint density at radius 2 is 2.00 bits per heavy atom. The predicted octanol–water partition coefficient (Wildman–Crippen LogP) is 4.31. The molecule has 1 aromatic heterocycles. The molecule has 0 aliphatic carbocycles. The number of hydrogen-bond donors (Lipinski definition) is 1. The number of rotatable bonds is 6. The smallest absolute Gasteiger partial charge is 0.219 e. The number of benzene rings is 1. The average molecular weight is 335 g/mol. The second kappa shape index (κ2) is 7.41. The Kier molecular flexibility index (Phi) is 5.56. The van der Waals surface area contributed by atoms with E-state index in [1.165, 1.54) is 5.56 Å². The Morgan fingerprint density at radius 1 is 1.20 bits per heavy atom. The summed E-state index contributed by atoms with van der Waals surface area (Å²) in [6.45, 7) is 5.98. The minimum absolute atomic E-state index is 0.643. The van der Waals surface area contributed by atoms with Gasteiger partial charge in [-0.15, -0.1) is 0 Å². The summed E-state index contributed by atoms with van der Waals surface area (Å²) < 4.78 is 6.81. The summed E-state index contributed by atoms with van der Waals surface area (Å²) in [6, 6.07) is 11.9. The van der Waals surface area contributed by atoms with Gasteiger partial charge in [0.05, 0.1) is 4.47 Å². The Labute approximate surface area is 128 Å². The van der Waals surface area contributed by atoms with Gasteiger partial charge in [-0.2, -0.15) is 0 Å². The number of ether oxygens (including phenoxy) is 1. The predicted molar refractivity (Wildman–Crippen MR) is 85.2 cm³/mol. The lowest BCUT2D eigenvalue weighted by molar-refractivity contribution is 0.457. The van der Waals surface area contributed by atoms with Crippen LogP contribution in [0, 0.1) is 0 Å². The third-order valence-corrected chi connectivity index (χ3v) is 3.56. The van der Waals surface area contributed by atoms with Gasteiger partial charge in [-0.3, -0.25) is 0 Å². The first-order valence-electron chi connectivity index (χ1n) is 6.85. The SMILES string of the molecule is CCNCc1cc(CC)nc(Oc2ccccc2Br)c1. The second-order valence-corrected chi connectivity index (χ2v) is 5.33. The topological polar surface area (TPSA) is 34.2 Å². The van der Waals surface area contributed by atoms with Gasteiger partial charge in [0.1, 0.15) is 5.75 Å². The van der Waals surface area contributed by atoms with Crippen molar-refractivity contribution in [1.29, 1.82) is 0 Å². The molecular weight excluding hydrogens is 316 g/mol. The normalized spacial score (nSPS) is 10.6. The Balaban J connectivity index is 2.24. The number of para-hydroxylation sites is 1. The van der Waals surface area contributed by atoms with E-state index in [-0.39, 0.29) is 0 Å². The van der Waals surface area contributed by atoms with Gasteiger partial charge in [0.15, 0.2) is 0 Å². The largest absolute Gasteiger partial charge is 0.438 e. The van der Waals surface area contributed by atoms with Crippen molar-refractivity contribution in [2.45, 2.75) is 26.8 Å². The van der Waals surface area contributed by atoms with Gasteiger partial charge >= 0.3 is 0 Å². The first kappa shape index (κ1) is 15.0. The van der Waals surface area contributed by atoms with E-state index >= 15 is 0 Å². The van der Waals surface area contributed by atoms with Crippen LogP contribution in [0.25, 0.3) is 0 Å².